The molecule has 0 heterocycles. The molecular formula is C18H16F3NO4. The largest absolute Gasteiger partial charge is 0.494 e. The zero-order valence-electron chi connectivity index (χ0n) is 13.8. The van der Waals surface area contributed by atoms with Gasteiger partial charge in [0.2, 0.25) is 0 Å². The van der Waals surface area contributed by atoms with Gasteiger partial charge in [0, 0.05) is 5.69 Å². The number of hydrogen-bond acceptors (Lipinski definition) is 4. The van der Waals surface area contributed by atoms with Crippen LogP contribution in [0.2, 0.25) is 0 Å². The second-order valence-electron chi connectivity index (χ2n) is 5.13. The number of nitrogens with one attached hydrogen (secondary N) is 1. The summed E-state index contributed by atoms with van der Waals surface area (Å²) in [5.41, 5.74) is -1.32. The van der Waals surface area contributed by atoms with Gasteiger partial charge in [-0.1, -0.05) is 12.1 Å². The topological polar surface area (TPSA) is 64.6 Å². The van der Waals surface area contributed by atoms with Crippen molar-refractivity contribution >= 4 is 17.6 Å². The summed E-state index contributed by atoms with van der Waals surface area (Å²) in [7, 11) is 0. The van der Waals surface area contributed by atoms with Gasteiger partial charge in [0.1, 0.15) is 5.75 Å². The van der Waals surface area contributed by atoms with Gasteiger partial charge in [-0.2, -0.15) is 13.2 Å². The molecule has 0 aliphatic carbocycles. The zero-order chi connectivity index (χ0) is 19.2. The number of alkyl halides is 3. The molecular weight excluding hydrogens is 351 g/mol. The van der Waals surface area contributed by atoms with Crippen LogP contribution in [0.3, 0.4) is 0 Å². The van der Waals surface area contributed by atoms with E-state index in [2.05, 4.69) is 10.1 Å². The number of carbonyl (C=O) groups excluding carboxylic acids is 2. The van der Waals surface area contributed by atoms with Gasteiger partial charge >= 0.3 is 12.1 Å². The number of ether oxygens (including phenoxy) is 2. The first-order chi connectivity index (χ1) is 12.3. The number of rotatable bonds is 6. The Morgan fingerprint density at radius 2 is 1.69 bits per heavy atom. The Kier molecular flexibility index (Phi) is 6.21. The number of hydrogen-bond donors (Lipinski definition) is 1. The fourth-order valence-corrected chi connectivity index (χ4v) is 2.12. The maximum Gasteiger partial charge on any atom is 0.417 e. The van der Waals surface area contributed by atoms with Crippen LogP contribution in [0.15, 0.2) is 48.5 Å². The van der Waals surface area contributed by atoms with Crippen LogP contribution in [0.1, 0.15) is 22.8 Å². The van der Waals surface area contributed by atoms with Crippen molar-refractivity contribution in [3.8, 4) is 5.75 Å². The summed E-state index contributed by atoms with van der Waals surface area (Å²) in [6.07, 6.45) is -4.69. The predicted molar refractivity (Wildman–Crippen MR) is 88.0 cm³/mol. The molecule has 0 radical (unpaired) electrons. The molecule has 0 spiro atoms. The van der Waals surface area contributed by atoms with Crippen molar-refractivity contribution in [2.75, 3.05) is 18.5 Å². The molecule has 0 saturated carbocycles. The lowest BCUT2D eigenvalue weighted by atomic mass is 10.1. The number of anilines is 1. The van der Waals surface area contributed by atoms with Crippen LogP contribution in [-0.2, 0) is 15.7 Å². The van der Waals surface area contributed by atoms with E-state index in [0.29, 0.717) is 18.0 Å². The summed E-state index contributed by atoms with van der Waals surface area (Å²) in [4.78, 5) is 23.7. The van der Waals surface area contributed by atoms with Crippen LogP contribution < -0.4 is 10.1 Å². The minimum atomic E-state index is -4.69. The van der Waals surface area contributed by atoms with Gasteiger partial charge in [-0.05, 0) is 43.3 Å². The molecule has 1 N–H and O–H groups in total. The molecule has 2 aromatic carbocycles. The highest BCUT2D eigenvalue weighted by atomic mass is 19.4. The highest BCUT2D eigenvalue weighted by Gasteiger charge is 2.35. The summed E-state index contributed by atoms with van der Waals surface area (Å²) in [6.45, 7) is 1.63. The average molecular weight is 367 g/mol. The van der Waals surface area contributed by atoms with Crippen LogP contribution in [0.5, 0.6) is 5.75 Å². The van der Waals surface area contributed by atoms with Crippen molar-refractivity contribution in [1.82, 2.24) is 0 Å². The zero-order valence-corrected chi connectivity index (χ0v) is 13.8. The predicted octanol–water partition coefficient (Wildman–Crippen LogP) is 3.90. The minimum absolute atomic E-state index is 0.435. The molecule has 8 heteroatoms. The molecule has 2 rings (SSSR count). The van der Waals surface area contributed by atoms with E-state index in [4.69, 9.17) is 4.74 Å². The van der Waals surface area contributed by atoms with Gasteiger partial charge < -0.3 is 14.8 Å². The highest BCUT2D eigenvalue weighted by Crippen LogP contribution is 2.32. The fraction of sp³-hybridized carbons (Fsp3) is 0.222. The molecule has 26 heavy (non-hydrogen) atoms. The standard InChI is InChI=1S/C18H16F3NO4/c1-2-25-13-9-7-12(8-10-13)22-16(23)11-26-17(24)14-5-3-4-6-15(14)18(19,20)21/h3-10H,2,11H2,1H3,(H,22,23). The van der Waals surface area contributed by atoms with Gasteiger partial charge in [0.25, 0.3) is 5.91 Å². The highest BCUT2D eigenvalue weighted by molar-refractivity contribution is 5.96. The normalized spacial score (nSPS) is 10.9. The van der Waals surface area contributed by atoms with E-state index in [9.17, 15) is 22.8 Å². The lowest BCUT2D eigenvalue weighted by Crippen LogP contribution is -2.22. The van der Waals surface area contributed by atoms with Crippen molar-refractivity contribution < 1.29 is 32.2 Å². The van der Waals surface area contributed by atoms with E-state index in [1.807, 2.05) is 6.92 Å². The third-order valence-corrected chi connectivity index (χ3v) is 3.24. The molecule has 0 fully saturated rings. The Labute approximate surface area is 147 Å². The molecule has 138 valence electrons. The number of halogens is 3. The van der Waals surface area contributed by atoms with Gasteiger partial charge in [-0.15, -0.1) is 0 Å². The first kappa shape index (κ1) is 19.3. The lowest BCUT2D eigenvalue weighted by Gasteiger charge is -2.12. The average Bonchev–Trinajstić information content (AvgIpc) is 2.61. The molecule has 0 aliphatic heterocycles. The Morgan fingerprint density at radius 3 is 2.31 bits per heavy atom. The lowest BCUT2D eigenvalue weighted by molar-refractivity contribution is -0.138. The third kappa shape index (κ3) is 5.23. The van der Waals surface area contributed by atoms with Gasteiger partial charge in [0.05, 0.1) is 17.7 Å². The quantitative estimate of drug-likeness (QED) is 0.787. The van der Waals surface area contributed by atoms with Crippen molar-refractivity contribution in [2.45, 2.75) is 13.1 Å². The van der Waals surface area contributed by atoms with E-state index < -0.39 is 35.8 Å². The van der Waals surface area contributed by atoms with Crippen LogP contribution >= 0.6 is 0 Å². The first-order valence-corrected chi connectivity index (χ1v) is 7.67. The Balaban J connectivity index is 1.94. The minimum Gasteiger partial charge on any atom is -0.494 e. The Bertz CT molecular complexity index is 773. The van der Waals surface area contributed by atoms with Crippen molar-refractivity contribution in [3.05, 3.63) is 59.7 Å². The summed E-state index contributed by atoms with van der Waals surface area (Å²) in [6, 6.07) is 10.7. The van der Waals surface area contributed by atoms with Crippen LogP contribution in [0, 0.1) is 0 Å². The first-order valence-electron chi connectivity index (χ1n) is 7.67. The Hall–Kier alpha value is -3.03. The molecule has 5 nitrogen and oxygen atoms in total. The maximum atomic E-state index is 12.9. The van der Waals surface area contributed by atoms with Crippen molar-refractivity contribution in [3.63, 3.8) is 0 Å². The van der Waals surface area contributed by atoms with Gasteiger partial charge in [-0.3, -0.25) is 4.79 Å². The molecule has 2 aromatic rings. The number of amides is 1. The summed E-state index contributed by atoms with van der Waals surface area (Å²) in [5, 5.41) is 2.47. The van der Waals surface area contributed by atoms with Crippen LogP contribution in [-0.4, -0.2) is 25.1 Å². The molecule has 0 unspecified atom stereocenters. The molecule has 0 bridgehead atoms. The molecule has 0 aliphatic rings. The monoisotopic (exact) mass is 367 g/mol. The van der Waals surface area contributed by atoms with Crippen LogP contribution in [0.4, 0.5) is 18.9 Å². The summed E-state index contributed by atoms with van der Waals surface area (Å²) in [5.74, 6) is -1.27. The summed E-state index contributed by atoms with van der Waals surface area (Å²) < 4.78 is 48.6. The fourth-order valence-electron chi connectivity index (χ4n) is 2.12. The van der Waals surface area contributed by atoms with Crippen LogP contribution in [0.25, 0.3) is 0 Å². The van der Waals surface area contributed by atoms with E-state index in [-0.39, 0.29) is 0 Å². The van der Waals surface area contributed by atoms with E-state index in [1.54, 1.807) is 24.3 Å². The van der Waals surface area contributed by atoms with Crippen molar-refractivity contribution in [2.24, 2.45) is 0 Å². The second kappa shape index (κ2) is 8.37. The molecule has 0 atom stereocenters. The molecule has 1 amide bonds. The molecule has 0 saturated heterocycles. The van der Waals surface area contributed by atoms with Crippen molar-refractivity contribution in [1.29, 1.82) is 0 Å². The van der Waals surface area contributed by atoms with Gasteiger partial charge in [-0.25, -0.2) is 4.79 Å². The van der Waals surface area contributed by atoms with E-state index >= 15 is 0 Å². The second-order valence-corrected chi connectivity index (χ2v) is 5.13. The maximum absolute atomic E-state index is 12.9. The van der Waals surface area contributed by atoms with E-state index in [0.717, 1.165) is 18.2 Å². The smallest absolute Gasteiger partial charge is 0.417 e. The number of benzene rings is 2. The number of carbonyl (C=O) groups is 2. The SMILES string of the molecule is CCOc1ccc(NC(=O)COC(=O)c2ccccc2C(F)(F)F)cc1. The molecule has 0 aromatic heterocycles. The Morgan fingerprint density at radius 1 is 1.04 bits per heavy atom. The van der Waals surface area contributed by atoms with E-state index in [1.165, 1.54) is 6.07 Å². The van der Waals surface area contributed by atoms with Gasteiger partial charge in [0.15, 0.2) is 6.61 Å². The summed E-state index contributed by atoms with van der Waals surface area (Å²) >= 11 is 0. The third-order valence-electron chi connectivity index (χ3n) is 3.24. The number of esters is 1.